The van der Waals surface area contributed by atoms with Crippen LogP contribution in [0.15, 0.2) is 24.4 Å². The number of amides is 1. The summed E-state index contributed by atoms with van der Waals surface area (Å²) in [6.07, 6.45) is 3.07. The molecule has 0 atom stereocenters. The van der Waals surface area contributed by atoms with E-state index in [0.29, 0.717) is 13.0 Å². The molecule has 0 saturated carbocycles. The Morgan fingerprint density at radius 2 is 2.38 bits per heavy atom. The molecular weight excluding hydrogens is 202 g/mol. The van der Waals surface area contributed by atoms with Gasteiger partial charge in [-0.25, -0.2) is 0 Å². The summed E-state index contributed by atoms with van der Waals surface area (Å²) < 4.78 is 0. The summed E-state index contributed by atoms with van der Waals surface area (Å²) in [6.45, 7) is 0.640. The van der Waals surface area contributed by atoms with Crippen molar-refractivity contribution in [1.29, 1.82) is 5.26 Å². The monoisotopic (exact) mass is 217 g/mol. The highest BCUT2D eigenvalue weighted by atomic mass is 16.2. The van der Waals surface area contributed by atoms with E-state index in [1.54, 1.807) is 18.1 Å². The highest BCUT2D eigenvalue weighted by molar-refractivity contribution is 5.76. The zero-order chi connectivity index (χ0) is 11.8. The Bertz CT molecular complexity index is 370. The highest BCUT2D eigenvalue weighted by Crippen LogP contribution is 1.99. The van der Waals surface area contributed by atoms with Crippen LogP contribution in [0.3, 0.4) is 0 Å². The standard InChI is InChI=1S/C12H15N3O/c1-15(12(16)6-4-8-13)10-7-11-5-2-3-9-14-11/h2-3,5,9H,4,6-7,10H2,1H3. The van der Waals surface area contributed by atoms with E-state index in [0.717, 1.165) is 12.1 Å². The van der Waals surface area contributed by atoms with Gasteiger partial charge in [-0.15, -0.1) is 0 Å². The van der Waals surface area contributed by atoms with Gasteiger partial charge in [0, 0.05) is 44.7 Å². The number of hydrogen-bond acceptors (Lipinski definition) is 3. The van der Waals surface area contributed by atoms with Gasteiger partial charge in [0.2, 0.25) is 5.91 Å². The summed E-state index contributed by atoms with van der Waals surface area (Å²) in [5, 5.41) is 8.37. The maximum Gasteiger partial charge on any atom is 0.223 e. The number of nitriles is 1. The zero-order valence-electron chi connectivity index (χ0n) is 9.39. The van der Waals surface area contributed by atoms with Crippen molar-refractivity contribution in [2.24, 2.45) is 0 Å². The van der Waals surface area contributed by atoms with Crippen LogP contribution in [0.25, 0.3) is 0 Å². The third-order valence-corrected chi connectivity index (χ3v) is 2.31. The molecule has 4 nitrogen and oxygen atoms in total. The first-order chi connectivity index (χ1) is 7.74. The molecule has 0 aliphatic rings. The van der Waals surface area contributed by atoms with E-state index in [2.05, 4.69) is 4.98 Å². The van der Waals surface area contributed by atoms with Crippen molar-refractivity contribution < 1.29 is 4.79 Å². The molecule has 1 aromatic rings. The molecule has 4 heteroatoms. The minimum atomic E-state index is 0.0116. The van der Waals surface area contributed by atoms with Crippen LogP contribution in [-0.2, 0) is 11.2 Å². The molecule has 0 saturated heterocycles. The van der Waals surface area contributed by atoms with Crippen LogP contribution in [0.2, 0.25) is 0 Å². The number of carbonyl (C=O) groups is 1. The highest BCUT2D eigenvalue weighted by Gasteiger charge is 2.07. The minimum absolute atomic E-state index is 0.0116. The molecule has 16 heavy (non-hydrogen) atoms. The number of likely N-dealkylation sites (N-methyl/N-ethyl adjacent to an activating group) is 1. The van der Waals surface area contributed by atoms with Gasteiger partial charge in [0.25, 0.3) is 0 Å². The molecule has 0 bridgehead atoms. The van der Waals surface area contributed by atoms with Crippen LogP contribution >= 0.6 is 0 Å². The summed E-state index contributed by atoms with van der Waals surface area (Å²) >= 11 is 0. The number of pyridine rings is 1. The molecule has 0 aromatic carbocycles. The first-order valence-electron chi connectivity index (χ1n) is 5.25. The molecule has 1 amide bonds. The Morgan fingerprint density at radius 1 is 1.56 bits per heavy atom. The van der Waals surface area contributed by atoms with Crippen LogP contribution in [0.5, 0.6) is 0 Å². The van der Waals surface area contributed by atoms with Crippen molar-refractivity contribution >= 4 is 5.91 Å². The van der Waals surface area contributed by atoms with Gasteiger partial charge in [-0.3, -0.25) is 9.78 Å². The third kappa shape index (κ3) is 4.09. The quantitative estimate of drug-likeness (QED) is 0.748. The molecule has 0 radical (unpaired) electrons. The van der Waals surface area contributed by atoms with Crippen molar-refractivity contribution in [2.75, 3.05) is 13.6 Å². The molecule has 0 fully saturated rings. The van der Waals surface area contributed by atoms with Crippen LogP contribution in [-0.4, -0.2) is 29.4 Å². The summed E-state index contributed by atoms with van der Waals surface area (Å²) in [5.41, 5.74) is 0.974. The zero-order valence-corrected chi connectivity index (χ0v) is 9.39. The Balaban J connectivity index is 2.33. The maximum atomic E-state index is 11.5. The second-order valence-electron chi connectivity index (χ2n) is 3.54. The molecular formula is C12H15N3O. The van der Waals surface area contributed by atoms with Gasteiger partial charge in [0.15, 0.2) is 0 Å². The van der Waals surface area contributed by atoms with Gasteiger partial charge in [-0.2, -0.15) is 5.26 Å². The molecule has 0 N–H and O–H groups in total. The van der Waals surface area contributed by atoms with E-state index in [1.165, 1.54) is 0 Å². The topological polar surface area (TPSA) is 57.0 Å². The fourth-order valence-corrected chi connectivity index (χ4v) is 1.31. The number of aromatic nitrogens is 1. The number of carbonyl (C=O) groups excluding carboxylic acids is 1. The lowest BCUT2D eigenvalue weighted by molar-refractivity contribution is -0.129. The van der Waals surface area contributed by atoms with E-state index >= 15 is 0 Å². The van der Waals surface area contributed by atoms with Crippen molar-refractivity contribution in [3.05, 3.63) is 30.1 Å². The summed E-state index contributed by atoms with van der Waals surface area (Å²) in [5.74, 6) is 0.0116. The van der Waals surface area contributed by atoms with E-state index < -0.39 is 0 Å². The molecule has 0 unspecified atom stereocenters. The van der Waals surface area contributed by atoms with Crippen molar-refractivity contribution in [3.63, 3.8) is 0 Å². The van der Waals surface area contributed by atoms with Gasteiger partial charge < -0.3 is 4.90 Å². The molecule has 1 heterocycles. The number of hydrogen-bond donors (Lipinski definition) is 0. The third-order valence-electron chi connectivity index (χ3n) is 2.31. The molecule has 0 spiro atoms. The molecule has 84 valence electrons. The Kier molecular flexibility index (Phi) is 5.00. The Labute approximate surface area is 95.5 Å². The van der Waals surface area contributed by atoms with Crippen LogP contribution in [0.1, 0.15) is 18.5 Å². The predicted octanol–water partition coefficient (Wildman–Crippen LogP) is 1.39. The van der Waals surface area contributed by atoms with Gasteiger partial charge in [0.1, 0.15) is 0 Å². The van der Waals surface area contributed by atoms with Crippen LogP contribution in [0, 0.1) is 11.3 Å². The van der Waals surface area contributed by atoms with Gasteiger partial charge >= 0.3 is 0 Å². The fraction of sp³-hybridized carbons (Fsp3) is 0.417. The molecule has 1 aromatic heterocycles. The number of rotatable bonds is 5. The average Bonchev–Trinajstić information content (AvgIpc) is 2.34. The van der Waals surface area contributed by atoms with E-state index in [4.69, 9.17) is 5.26 Å². The Morgan fingerprint density at radius 3 is 3.00 bits per heavy atom. The van der Waals surface area contributed by atoms with Crippen LogP contribution in [0.4, 0.5) is 0 Å². The fourth-order valence-electron chi connectivity index (χ4n) is 1.31. The lowest BCUT2D eigenvalue weighted by Crippen LogP contribution is -2.28. The van der Waals surface area contributed by atoms with E-state index in [-0.39, 0.29) is 12.3 Å². The summed E-state index contributed by atoms with van der Waals surface area (Å²) in [6, 6.07) is 7.70. The van der Waals surface area contributed by atoms with Crippen molar-refractivity contribution in [1.82, 2.24) is 9.88 Å². The van der Waals surface area contributed by atoms with E-state index in [1.807, 2.05) is 24.3 Å². The summed E-state index contributed by atoms with van der Waals surface area (Å²) in [7, 11) is 1.75. The van der Waals surface area contributed by atoms with Gasteiger partial charge in [-0.05, 0) is 12.1 Å². The second kappa shape index (κ2) is 6.57. The first-order valence-corrected chi connectivity index (χ1v) is 5.25. The van der Waals surface area contributed by atoms with Crippen LogP contribution < -0.4 is 0 Å². The van der Waals surface area contributed by atoms with Gasteiger partial charge in [0.05, 0.1) is 6.07 Å². The maximum absolute atomic E-state index is 11.5. The smallest absolute Gasteiger partial charge is 0.223 e. The summed E-state index contributed by atoms with van der Waals surface area (Å²) in [4.78, 5) is 17.3. The van der Waals surface area contributed by atoms with Gasteiger partial charge in [-0.1, -0.05) is 6.07 Å². The van der Waals surface area contributed by atoms with Crippen molar-refractivity contribution in [2.45, 2.75) is 19.3 Å². The molecule has 0 aliphatic heterocycles. The molecule has 0 aliphatic carbocycles. The lowest BCUT2D eigenvalue weighted by atomic mass is 10.2. The Hall–Kier alpha value is -1.89. The predicted molar refractivity (Wildman–Crippen MR) is 60.4 cm³/mol. The van der Waals surface area contributed by atoms with Crippen molar-refractivity contribution in [3.8, 4) is 6.07 Å². The largest absolute Gasteiger partial charge is 0.345 e. The first kappa shape index (κ1) is 12.2. The normalized spacial score (nSPS) is 9.50. The minimum Gasteiger partial charge on any atom is -0.345 e. The number of nitrogens with zero attached hydrogens (tertiary/aromatic N) is 3. The molecule has 1 rings (SSSR count). The average molecular weight is 217 g/mol. The lowest BCUT2D eigenvalue weighted by Gasteiger charge is -2.15. The second-order valence-corrected chi connectivity index (χ2v) is 3.54. The van der Waals surface area contributed by atoms with E-state index in [9.17, 15) is 4.79 Å². The SMILES string of the molecule is CN(CCc1ccccn1)C(=O)CCC#N.